The third-order valence-electron chi connectivity index (χ3n) is 2.99. The van der Waals surface area contributed by atoms with Gasteiger partial charge in [0, 0.05) is 11.3 Å². The smallest absolute Gasteiger partial charge is 0.113 e. The summed E-state index contributed by atoms with van der Waals surface area (Å²) in [6.45, 7) is 4.19. The predicted octanol–water partition coefficient (Wildman–Crippen LogP) is 3.66. The lowest BCUT2D eigenvalue weighted by molar-refractivity contribution is 1.27. The maximum absolute atomic E-state index is 5.59. The van der Waals surface area contributed by atoms with Gasteiger partial charge in [0.25, 0.3) is 0 Å². The van der Waals surface area contributed by atoms with Crippen LogP contribution in [0, 0.1) is 18.5 Å². The second-order valence-corrected chi connectivity index (χ2v) is 5.13. The molecule has 0 bridgehead atoms. The minimum Gasteiger partial charge on any atom is -0.389 e. The first-order valence-corrected chi connectivity index (χ1v) is 6.41. The lowest BCUT2D eigenvalue weighted by Crippen LogP contribution is -2.10. The van der Waals surface area contributed by atoms with Gasteiger partial charge in [-0.25, -0.2) is 0 Å². The number of pyridine rings is 1. The molecule has 1 aromatic carbocycles. The number of nitrogens with one attached hydrogen (secondary N) is 1. The van der Waals surface area contributed by atoms with Gasteiger partial charge >= 0.3 is 0 Å². The molecule has 0 aliphatic rings. The number of nitrogens with two attached hydrogens (primary N) is 1. The number of H-pyrrole nitrogens is 1. The van der Waals surface area contributed by atoms with Crippen molar-refractivity contribution in [3.05, 3.63) is 51.7 Å². The Kier molecular flexibility index (Phi) is 3.59. The minimum atomic E-state index is 0.322. The molecule has 2 nitrogen and oxygen atoms in total. The van der Waals surface area contributed by atoms with Crippen molar-refractivity contribution in [1.82, 2.24) is 4.98 Å². The summed E-state index contributed by atoms with van der Waals surface area (Å²) < 4.78 is 0.582. The molecule has 0 aliphatic heterocycles. The van der Waals surface area contributed by atoms with E-state index in [2.05, 4.69) is 37.0 Å². The van der Waals surface area contributed by atoms with Gasteiger partial charge < -0.3 is 10.7 Å². The molecule has 92 valence electrons. The number of hydrogen-bond donors (Lipinski definition) is 2. The van der Waals surface area contributed by atoms with Crippen molar-refractivity contribution in [1.29, 1.82) is 0 Å². The molecule has 0 saturated heterocycles. The first-order chi connectivity index (χ1) is 8.49. The van der Waals surface area contributed by atoms with Crippen LogP contribution in [0.15, 0.2) is 30.3 Å². The van der Waals surface area contributed by atoms with E-state index in [9.17, 15) is 0 Å². The van der Waals surface area contributed by atoms with Crippen LogP contribution in [0.2, 0.25) is 0 Å². The Labute approximate surface area is 117 Å². The first kappa shape index (κ1) is 12.9. The van der Waals surface area contributed by atoms with Crippen molar-refractivity contribution < 1.29 is 0 Å². The van der Waals surface area contributed by atoms with Crippen LogP contribution < -0.4 is 5.73 Å². The SMILES string of the molecule is Cc1ccc(-c2ccc(C(N)=S)c(=S)[nH]2)cc1C. The van der Waals surface area contributed by atoms with Crippen LogP contribution in [0.1, 0.15) is 16.7 Å². The van der Waals surface area contributed by atoms with E-state index in [1.807, 2.05) is 12.1 Å². The molecular formula is C14H14N2S2. The molecule has 18 heavy (non-hydrogen) atoms. The van der Waals surface area contributed by atoms with E-state index in [1.165, 1.54) is 11.1 Å². The standard InChI is InChI=1S/C14H14N2S2/c1-8-3-4-10(7-9(8)2)12-6-5-11(13(15)17)14(18)16-12/h3-7H,1-2H3,(H2,15,17)(H,16,18). The largest absolute Gasteiger partial charge is 0.389 e. The van der Waals surface area contributed by atoms with Crippen LogP contribution in [0.5, 0.6) is 0 Å². The Morgan fingerprint density at radius 2 is 1.83 bits per heavy atom. The molecule has 0 atom stereocenters. The number of aryl methyl sites for hydroxylation is 2. The summed E-state index contributed by atoms with van der Waals surface area (Å²) in [6.07, 6.45) is 0. The van der Waals surface area contributed by atoms with Crippen LogP contribution in [0.4, 0.5) is 0 Å². The molecule has 4 heteroatoms. The fraction of sp³-hybridized carbons (Fsp3) is 0.143. The molecule has 0 unspecified atom stereocenters. The van der Waals surface area contributed by atoms with Crippen molar-refractivity contribution in [3.8, 4) is 11.3 Å². The summed E-state index contributed by atoms with van der Waals surface area (Å²) in [5, 5.41) is 0. The van der Waals surface area contributed by atoms with Gasteiger partial charge in [-0.15, -0.1) is 0 Å². The van der Waals surface area contributed by atoms with Gasteiger partial charge in [-0.2, -0.15) is 0 Å². The van der Waals surface area contributed by atoms with Gasteiger partial charge in [-0.3, -0.25) is 0 Å². The van der Waals surface area contributed by atoms with Gasteiger partial charge in [-0.1, -0.05) is 36.6 Å². The topological polar surface area (TPSA) is 41.8 Å². The molecule has 1 aromatic heterocycles. The predicted molar refractivity (Wildman–Crippen MR) is 82.4 cm³/mol. The van der Waals surface area contributed by atoms with Crippen LogP contribution in [-0.4, -0.2) is 9.97 Å². The van der Waals surface area contributed by atoms with Gasteiger partial charge in [0.05, 0.1) is 0 Å². The lowest BCUT2D eigenvalue weighted by atomic mass is 10.0. The van der Waals surface area contributed by atoms with Gasteiger partial charge in [0.1, 0.15) is 9.63 Å². The number of thiocarbonyl (C=S) groups is 1. The van der Waals surface area contributed by atoms with E-state index in [0.29, 0.717) is 15.2 Å². The van der Waals surface area contributed by atoms with E-state index in [0.717, 1.165) is 11.3 Å². The number of benzene rings is 1. The molecule has 0 radical (unpaired) electrons. The van der Waals surface area contributed by atoms with Crippen LogP contribution in [0.25, 0.3) is 11.3 Å². The number of rotatable bonds is 2. The Balaban J connectivity index is 2.52. The highest BCUT2D eigenvalue weighted by atomic mass is 32.1. The third-order valence-corrected chi connectivity index (χ3v) is 3.53. The van der Waals surface area contributed by atoms with Crippen molar-refractivity contribution in [2.75, 3.05) is 0 Å². The summed E-state index contributed by atoms with van der Waals surface area (Å²) in [6, 6.07) is 10.1. The normalized spacial score (nSPS) is 10.3. The average Bonchev–Trinajstić information content (AvgIpc) is 2.32. The molecule has 0 saturated carbocycles. The minimum absolute atomic E-state index is 0.322. The van der Waals surface area contributed by atoms with E-state index >= 15 is 0 Å². The first-order valence-electron chi connectivity index (χ1n) is 5.60. The van der Waals surface area contributed by atoms with Crippen molar-refractivity contribution in [2.45, 2.75) is 13.8 Å². The van der Waals surface area contributed by atoms with E-state index < -0.39 is 0 Å². The molecule has 0 aliphatic carbocycles. The van der Waals surface area contributed by atoms with Crippen molar-refractivity contribution in [3.63, 3.8) is 0 Å². The zero-order valence-electron chi connectivity index (χ0n) is 10.3. The zero-order chi connectivity index (χ0) is 13.3. The van der Waals surface area contributed by atoms with Crippen LogP contribution >= 0.6 is 24.4 Å². The molecule has 0 spiro atoms. The number of hydrogen-bond acceptors (Lipinski definition) is 2. The van der Waals surface area contributed by atoms with Crippen molar-refractivity contribution in [2.24, 2.45) is 5.73 Å². The zero-order valence-corrected chi connectivity index (χ0v) is 11.9. The third kappa shape index (κ3) is 2.49. The fourth-order valence-electron chi connectivity index (χ4n) is 1.75. The second kappa shape index (κ2) is 5.00. The van der Waals surface area contributed by atoms with E-state index in [4.69, 9.17) is 30.2 Å². The average molecular weight is 274 g/mol. The molecular weight excluding hydrogens is 260 g/mol. The molecule has 0 amide bonds. The Morgan fingerprint density at radius 3 is 2.39 bits per heavy atom. The van der Waals surface area contributed by atoms with E-state index in [1.54, 1.807) is 0 Å². The highest BCUT2D eigenvalue weighted by Crippen LogP contribution is 2.20. The summed E-state index contributed by atoms with van der Waals surface area (Å²) in [4.78, 5) is 3.49. The molecule has 1 heterocycles. The Morgan fingerprint density at radius 1 is 1.11 bits per heavy atom. The molecule has 2 rings (SSSR count). The highest BCUT2D eigenvalue weighted by molar-refractivity contribution is 7.80. The molecule has 2 aromatic rings. The summed E-state index contributed by atoms with van der Waals surface area (Å²) in [7, 11) is 0. The Hall–Kier alpha value is -1.52. The van der Waals surface area contributed by atoms with Crippen LogP contribution in [-0.2, 0) is 0 Å². The fourth-order valence-corrected chi connectivity index (χ4v) is 2.27. The maximum Gasteiger partial charge on any atom is 0.113 e. The maximum atomic E-state index is 5.59. The Bertz CT molecular complexity index is 672. The van der Waals surface area contributed by atoms with Crippen molar-refractivity contribution >= 4 is 29.4 Å². The van der Waals surface area contributed by atoms with Gasteiger partial charge in [-0.05, 0) is 48.7 Å². The number of aromatic amines is 1. The monoisotopic (exact) mass is 274 g/mol. The summed E-state index contributed by atoms with van der Waals surface area (Å²) in [5.41, 5.74) is 10.9. The molecule has 0 fully saturated rings. The molecule has 3 N–H and O–H groups in total. The second-order valence-electron chi connectivity index (χ2n) is 4.28. The quantitative estimate of drug-likeness (QED) is 0.821. The van der Waals surface area contributed by atoms with Gasteiger partial charge in [0.15, 0.2) is 0 Å². The summed E-state index contributed by atoms with van der Waals surface area (Å²) >= 11 is 10.2. The van der Waals surface area contributed by atoms with Gasteiger partial charge in [0.2, 0.25) is 0 Å². The highest BCUT2D eigenvalue weighted by Gasteiger charge is 2.04. The summed E-state index contributed by atoms with van der Waals surface area (Å²) in [5.74, 6) is 0. The van der Waals surface area contributed by atoms with Crippen LogP contribution in [0.3, 0.4) is 0 Å². The number of aromatic nitrogens is 1. The van der Waals surface area contributed by atoms with E-state index in [-0.39, 0.29) is 0 Å². The lowest BCUT2D eigenvalue weighted by Gasteiger charge is -2.07.